The number of benzene rings is 2. The van der Waals surface area contributed by atoms with Crippen LogP contribution in [-0.4, -0.2) is 134 Å². The predicted octanol–water partition coefficient (Wildman–Crippen LogP) is 4.94. The van der Waals surface area contributed by atoms with E-state index in [0.29, 0.717) is 36.0 Å². The largest absolute Gasteiger partial charge is 0.490 e. The van der Waals surface area contributed by atoms with Crippen LogP contribution in [0.15, 0.2) is 67.0 Å². The lowest BCUT2D eigenvalue weighted by molar-refractivity contribution is -0.193. The standard InChI is InChI=1S/C35H43N11O3.2C2HF3O2/c47-28-29(48)34(49-30(28)32-41-43-46(42-32)25-15-10-16-25)45-22-38-27-31(39-35(40-33(27)45)36-17-20-44-18-8-3-9-19-44)37-21-26(23-11-4-1-5-12-23)24-13-6-2-7-14-24;2*3-2(4,5)1(6)7/h1-2,4-7,11-14,22,25-26,28-30,34,47-48H,3,8-10,15-21H2,(H2,36,37,39,40);2*(H,6,7)/t28-,29+,30-,34+;;/m0../s1. The van der Waals surface area contributed by atoms with Crippen LogP contribution in [0.1, 0.15) is 79.8 Å². The van der Waals surface area contributed by atoms with Crippen molar-refractivity contribution in [2.24, 2.45) is 0 Å². The van der Waals surface area contributed by atoms with Crippen LogP contribution in [0.3, 0.4) is 0 Å². The maximum atomic E-state index is 11.3. The number of ether oxygens (including phenoxy) is 1. The van der Waals surface area contributed by atoms with E-state index in [0.717, 1.165) is 38.9 Å². The number of hydrogen-bond acceptors (Lipinski definition) is 14. The maximum absolute atomic E-state index is 11.3. The summed E-state index contributed by atoms with van der Waals surface area (Å²) in [6.07, 6.45) is -6.20. The summed E-state index contributed by atoms with van der Waals surface area (Å²) in [5, 5.41) is 56.5. The molecule has 2 saturated heterocycles. The highest BCUT2D eigenvalue weighted by Crippen LogP contribution is 2.40. The molecule has 1 saturated carbocycles. The molecule has 24 heteroatoms. The average molecular weight is 894 g/mol. The van der Waals surface area contributed by atoms with Crippen LogP contribution in [0.25, 0.3) is 11.2 Å². The number of aliphatic carboxylic acids is 2. The van der Waals surface area contributed by atoms with Gasteiger partial charge in [0.25, 0.3) is 0 Å². The number of alkyl halides is 6. The molecule has 1 aliphatic carbocycles. The van der Waals surface area contributed by atoms with Gasteiger partial charge in [-0.3, -0.25) is 4.57 Å². The molecule has 3 aromatic heterocycles. The van der Waals surface area contributed by atoms with E-state index in [-0.39, 0.29) is 17.8 Å². The SMILES string of the molecule is O=C(O)C(F)(F)F.O=C(O)C(F)(F)F.O[C@@H]1[C@H](O)[C@@H](c2nnn(C3CCC3)n2)O[C@H]1n1cnc2c(NCC(c3ccccc3)c3ccccc3)nc(NCCN3CCCCC3)nc21. The summed E-state index contributed by atoms with van der Waals surface area (Å²) in [6, 6.07) is 21.0. The fraction of sp³-hybridized carbons (Fsp3) is 0.487. The molecule has 0 spiro atoms. The molecular formula is C39H45F6N11O7. The number of carboxylic acid groups (broad SMARTS) is 2. The van der Waals surface area contributed by atoms with Crippen LogP contribution in [0.2, 0.25) is 0 Å². The highest BCUT2D eigenvalue weighted by Gasteiger charge is 2.47. The van der Waals surface area contributed by atoms with Gasteiger partial charge in [0, 0.05) is 25.6 Å². The number of piperidine rings is 1. The first kappa shape index (κ1) is 46.5. The van der Waals surface area contributed by atoms with Crippen molar-refractivity contribution in [3.05, 3.63) is 83.9 Å². The second kappa shape index (κ2) is 20.5. The number of aliphatic hydroxyl groups is 2. The Kier molecular flexibility index (Phi) is 15.1. The van der Waals surface area contributed by atoms with Crippen molar-refractivity contribution in [3.63, 3.8) is 0 Å². The van der Waals surface area contributed by atoms with Crippen molar-refractivity contribution < 1.29 is 61.1 Å². The third-order valence-corrected chi connectivity index (χ3v) is 10.6. The molecule has 0 bridgehead atoms. The predicted molar refractivity (Wildman–Crippen MR) is 210 cm³/mol. The van der Waals surface area contributed by atoms with Crippen LogP contribution in [0.5, 0.6) is 0 Å². The Morgan fingerprint density at radius 2 is 1.40 bits per heavy atom. The quantitative estimate of drug-likeness (QED) is 0.0910. The van der Waals surface area contributed by atoms with Gasteiger partial charge in [0.15, 0.2) is 29.3 Å². The lowest BCUT2D eigenvalue weighted by atomic mass is 9.91. The number of anilines is 2. The van der Waals surface area contributed by atoms with Crippen LogP contribution in [0, 0.1) is 0 Å². The Morgan fingerprint density at radius 1 is 0.810 bits per heavy atom. The lowest BCUT2D eigenvalue weighted by Gasteiger charge is -2.26. The monoisotopic (exact) mass is 893 g/mol. The van der Waals surface area contributed by atoms with E-state index >= 15 is 0 Å². The number of likely N-dealkylation sites (tertiary alicyclic amines) is 1. The number of carbonyl (C=O) groups is 2. The highest BCUT2D eigenvalue weighted by molar-refractivity contribution is 5.84. The van der Waals surface area contributed by atoms with Gasteiger partial charge in [-0.15, -0.1) is 10.2 Å². The van der Waals surface area contributed by atoms with Gasteiger partial charge >= 0.3 is 24.3 Å². The van der Waals surface area contributed by atoms with E-state index in [9.17, 15) is 36.6 Å². The Labute approximate surface area is 354 Å². The lowest BCUT2D eigenvalue weighted by Crippen LogP contribution is -2.34. The zero-order valence-electron chi connectivity index (χ0n) is 33.4. The van der Waals surface area contributed by atoms with Crippen molar-refractivity contribution in [3.8, 4) is 0 Å². The Hall–Kier alpha value is -5.98. The number of aromatic nitrogens is 8. The summed E-state index contributed by atoms with van der Waals surface area (Å²) >= 11 is 0. The van der Waals surface area contributed by atoms with E-state index in [1.54, 1.807) is 15.7 Å². The maximum Gasteiger partial charge on any atom is 0.490 e. The first-order valence-corrected chi connectivity index (χ1v) is 20.0. The summed E-state index contributed by atoms with van der Waals surface area (Å²) in [6.45, 7) is 4.34. The number of aliphatic hydroxyl groups excluding tert-OH is 2. The third-order valence-electron chi connectivity index (χ3n) is 10.6. The van der Waals surface area contributed by atoms with Gasteiger partial charge in [-0.1, -0.05) is 67.1 Å². The fourth-order valence-corrected chi connectivity index (χ4v) is 7.04. The smallest absolute Gasteiger partial charge is 0.475 e. The summed E-state index contributed by atoms with van der Waals surface area (Å²) in [4.78, 5) is 36.3. The van der Waals surface area contributed by atoms with Crippen LogP contribution in [-0.2, 0) is 14.3 Å². The van der Waals surface area contributed by atoms with E-state index in [4.69, 9.17) is 39.5 Å². The molecule has 2 aromatic carbocycles. The van der Waals surface area contributed by atoms with Crippen molar-refractivity contribution >= 4 is 34.9 Å². The fourth-order valence-electron chi connectivity index (χ4n) is 7.04. The zero-order chi connectivity index (χ0) is 45.3. The van der Waals surface area contributed by atoms with E-state index in [1.807, 2.05) is 12.1 Å². The third kappa shape index (κ3) is 11.9. The first-order valence-electron chi connectivity index (χ1n) is 20.0. The van der Waals surface area contributed by atoms with Gasteiger partial charge in [0.05, 0.1) is 12.4 Å². The number of imidazole rings is 1. The number of halogens is 6. The van der Waals surface area contributed by atoms with Gasteiger partial charge in [-0.2, -0.15) is 41.1 Å². The molecule has 3 aliphatic rings. The van der Waals surface area contributed by atoms with Crippen molar-refractivity contribution in [2.45, 2.75) is 87.4 Å². The molecular weight excluding hydrogens is 848 g/mol. The first-order chi connectivity index (χ1) is 30.0. The average Bonchev–Trinajstić information content (AvgIpc) is 3.96. The molecule has 63 heavy (non-hydrogen) atoms. The normalized spacial score (nSPS) is 20.6. The Morgan fingerprint density at radius 3 is 1.94 bits per heavy atom. The van der Waals surface area contributed by atoms with Crippen molar-refractivity contribution in [1.29, 1.82) is 0 Å². The second-order valence-corrected chi connectivity index (χ2v) is 14.9. The number of fused-ring (bicyclic) bond motifs is 1. The van der Waals surface area contributed by atoms with Gasteiger partial charge in [0.2, 0.25) is 11.8 Å². The molecule has 5 heterocycles. The summed E-state index contributed by atoms with van der Waals surface area (Å²) in [7, 11) is 0. The molecule has 2 aliphatic heterocycles. The molecule has 0 unspecified atom stereocenters. The van der Waals surface area contributed by atoms with Gasteiger partial charge in [-0.25, -0.2) is 14.6 Å². The minimum absolute atomic E-state index is 0.0572. The minimum Gasteiger partial charge on any atom is -0.475 e. The summed E-state index contributed by atoms with van der Waals surface area (Å²) in [5.74, 6) is -4.20. The van der Waals surface area contributed by atoms with E-state index in [2.05, 4.69) is 79.5 Å². The molecule has 8 rings (SSSR count). The molecule has 0 amide bonds. The van der Waals surface area contributed by atoms with Gasteiger partial charge in [-0.05, 0) is 61.5 Å². The van der Waals surface area contributed by atoms with Gasteiger partial charge in [0.1, 0.15) is 12.2 Å². The summed E-state index contributed by atoms with van der Waals surface area (Å²) < 4.78 is 71.4. The van der Waals surface area contributed by atoms with Crippen LogP contribution < -0.4 is 10.6 Å². The van der Waals surface area contributed by atoms with Crippen LogP contribution >= 0.6 is 0 Å². The van der Waals surface area contributed by atoms with E-state index in [1.165, 1.54) is 30.4 Å². The number of rotatable bonds is 12. The number of nitrogens with one attached hydrogen (secondary N) is 2. The van der Waals surface area contributed by atoms with Gasteiger partial charge < -0.3 is 40.7 Å². The number of tetrazole rings is 1. The van der Waals surface area contributed by atoms with Crippen LogP contribution in [0.4, 0.5) is 38.1 Å². The topological polar surface area (TPSA) is 239 Å². The zero-order valence-corrected chi connectivity index (χ0v) is 33.4. The van der Waals surface area contributed by atoms with Crippen molar-refractivity contribution in [2.75, 3.05) is 43.4 Å². The molecule has 6 N–H and O–H groups in total. The summed E-state index contributed by atoms with van der Waals surface area (Å²) in [5.41, 5.74) is 3.37. The molecule has 5 aromatic rings. The molecule has 18 nitrogen and oxygen atoms in total. The van der Waals surface area contributed by atoms with Crippen molar-refractivity contribution in [1.82, 2.24) is 44.6 Å². The minimum atomic E-state index is -5.08. The second-order valence-electron chi connectivity index (χ2n) is 14.9. The molecule has 3 fully saturated rings. The number of nitrogens with zero attached hydrogens (tertiary/aromatic N) is 9. The number of carboxylic acids is 2. The molecule has 340 valence electrons. The molecule has 4 atom stereocenters. The molecule has 0 radical (unpaired) electrons. The number of hydrogen-bond donors (Lipinski definition) is 6. The Bertz CT molecular complexity index is 2190. The highest BCUT2D eigenvalue weighted by atomic mass is 19.4. The van der Waals surface area contributed by atoms with E-state index < -0.39 is 48.8 Å². The Balaban J connectivity index is 0.000000409.